The largest absolute Gasteiger partial charge is 0.345 e. The Morgan fingerprint density at radius 2 is 2.22 bits per heavy atom. The van der Waals surface area contributed by atoms with E-state index < -0.39 is 6.04 Å². The Hall–Kier alpha value is -1.67. The Kier molecular flexibility index (Phi) is 6.35. The van der Waals surface area contributed by atoms with Gasteiger partial charge in [-0.25, -0.2) is 4.98 Å². The highest BCUT2D eigenvalue weighted by Gasteiger charge is 2.20. The van der Waals surface area contributed by atoms with Gasteiger partial charge in [0.1, 0.15) is 5.82 Å². The number of amides is 1. The molecule has 1 atom stereocenters. The summed E-state index contributed by atoms with van der Waals surface area (Å²) in [5.41, 5.74) is 0. The molecule has 1 amide bonds. The van der Waals surface area contributed by atoms with Crippen molar-refractivity contribution >= 4 is 34.8 Å². The Balaban J connectivity index is 1.82. The number of aromatic nitrogens is 3. The molecule has 0 spiro atoms. The van der Waals surface area contributed by atoms with Crippen LogP contribution < -0.4 is 5.32 Å². The van der Waals surface area contributed by atoms with Gasteiger partial charge >= 0.3 is 0 Å². The van der Waals surface area contributed by atoms with Crippen LogP contribution in [0.4, 0.5) is 0 Å². The zero-order chi connectivity index (χ0) is 16.8. The third-order valence-corrected chi connectivity index (χ3v) is 4.91. The maximum absolute atomic E-state index is 12.0. The molecule has 2 N–H and O–H groups in total. The van der Waals surface area contributed by atoms with Crippen LogP contribution >= 0.6 is 23.1 Å². The highest BCUT2D eigenvalue weighted by atomic mass is 32.2. The number of Topliss-reactive ketones (excluding diaryl/α,β-unsaturated/α-hetero) is 1. The molecule has 2 aromatic heterocycles. The van der Waals surface area contributed by atoms with E-state index in [1.807, 2.05) is 31.4 Å². The Labute approximate surface area is 143 Å². The topological polar surface area (TPSA) is 87.7 Å². The van der Waals surface area contributed by atoms with Crippen LogP contribution in [0.3, 0.4) is 0 Å². The molecule has 1 unspecified atom stereocenters. The third kappa shape index (κ3) is 5.47. The molecule has 0 radical (unpaired) electrons. The maximum atomic E-state index is 12.0. The van der Waals surface area contributed by atoms with Crippen molar-refractivity contribution in [2.75, 3.05) is 5.75 Å². The van der Waals surface area contributed by atoms with Crippen molar-refractivity contribution in [3.63, 3.8) is 0 Å². The van der Waals surface area contributed by atoms with Crippen LogP contribution in [0.25, 0.3) is 0 Å². The van der Waals surface area contributed by atoms with Crippen molar-refractivity contribution in [2.45, 2.75) is 38.4 Å². The number of rotatable bonds is 8. The lowest BCUT2D eigenvalue weighted by Crippen LogP contribution is -2.44. The van der Waals surface area contributed by atoms with E-state index >= 15 is 0 Å². The fraction of sp³-hybridized carbons (Fsp3) is 0.467. The van der Waals surface area contributed by atoms with Crippen molar-refractivity contribution in [2.24, 2.45) is 5.92 Å². The lowest BCUT2D eigenvalue weighted by atomic mass is 10.0. The molecule has 0 fully saturated rings. The number of thiophene rings is 1. The SMILES string of the molecule is CC(=O)C(NC(=O)CSc1n[nH]c(Cc2cccs2)n1)C(C)C. The number of carbonyl (C=O) groups is 2. The van der Waals surface area contributed by atoms with Gasteiger partial charge in [0.2, 0.25) is 11.1 Å². The summed E-state index contributed by atoms with van der Waals surface area (Å²) in [6.45, 7) is 5.31. The molecule has 0 aliphatic rings. The second-order valence-corrected chi connectivity index (χ2v) is 7.48. The monoisotopic (exact) mass is 352 g/mol. The summed E-state index contributed by atoms with van der Waals surface area (Å²) in [5, 5.41) is 12.3. The summed E-state index contributed by atoms with van der Waals surface area (Å²) in [6.07, 6.45) is 0.706. The van der Waals surface area contributed by atoms with E-state index in [1.165, 1.54) is 23.6 Å². The molecule has 23 heavy (non-hydrogen) atoms. The smallest absolute Gasteiger partial charge is 0.231 e. The summed E-state index contributed by atoms with van der Waals surface area (Å²) < 4.78 is 0. The molecule has 0 aromatic carbocycles. The van der Waals surface area contributed by atoms with Gasteiger partial charge in [-0.1, -0.05) is 31.7 Å². The van der Waals surface area contributed by atoms with Gasteiger partial charge in [0.15, 0.2) is 5.78 Å². The van der Waals surface area contributed by atoms with Crippen LogP contribution in [-0.2, 0) is 16.0 Å². The molecule has 124 valence electrons. The van der Waals surface area contributed by atoms with Crippen molar-refractivity contribution < 1.29 is 9.59 Å². The zero-order valence-electron chi connectivity index (χ0n) is 13.3. The van der Waals surface area contributed by atoms with E-state index in [-0.39, 0.29) is 23.4 Å². The van der Waals surface area contributed by atoms with Crippen molar-refractivity contribution in [1.82, 2.24) is 20.5 Å². The van der Waals surface area contributed by atoms with Gasteiger partial charge in [0.05, 0.1) is 11.8 Å². The third-order valence-electron chi connectivity index (χ3n) is 3.19. The molecule has 8 heteroatoms. The van der Waals surface area contributed by atoms with Crippen LogP contribution in [0.1, 0.15) is 31.5 Å². The first kappa shape index (κ1) is 17.7. The summed E-state index contributed by atoms with van der Waals surface area (Å²) in [6, 6.07) is 3.60. The zero-order valence-corrected chi connectivity index (χ0v) is 15.0. The van der Waals surface area contributed by atoms with Gasteiger partial charge in [-0.3, -0.25) is 14.7 Å². The highest BCUT2D eigenvalue weighted by Crippen LogP contribution is 2.16. The standard InChI is InChI=1S/C15H20N4O2S2/c1-9(2)14(10(3)20)17-13(21)8-23-15-16-12(18-19-15)7-11-5-4-6-22-11/h4-6,9,14H,7-8H2,1-3H3,(H,17,21)(H,16,18,19). The van der Waals surface area contributed by atoms with Gasteiger partial charge in [-0.15, -0.1) is 16.4 Å². The fourth-order valence-electron chi connectivity index (χ4n) is 2.08. The van der Waals surface area contributed by atoms with Crippen LogP contribution in [-0.4, -0.2) is 38.7 Å². The number of hydrogen-bond donors (Lipinski definition) is 2. The van der Waals surface area contributed by atoms with E-state index in [2.05, 4.69) is 20.5 Å². The number of nitrogens with one attached hydrogen (secondary N) is 2. The highest BCUT2D eigenvalue weighted by molar-refractivity contribution is 7.99. The lowest BCUT2D eigenvalue weighted by Gasteiger charge is -2.19. The normalized spacial score (nSPS) is 12.3. The molecule has 0 saturated heterocycles. The first-order chi connectivity index (χ1) is 11.0. The molecule has 6 nitrogen and oxygen atoms in total. The molecule has 0 saturated carbocycles. The second-order valence-electron chi connectivity index (χ2n) is 5.51. The predicted octanol–water partition coefficient (Wildman–Crippen LogP) is 2.28. The molecule has 0 bridgehead atoms. The fourth-order valence-corrected chi connectivity index (χ4v) is 3.42. The van der Waals surface area contributed by atoms with Gasteiger partial charge in [-0.05, 0) is 24.3 Å². The summed E-state index contributed by atoms with van der Waals surface area (Å²) in [5.74, 6) is 0.816. The Morgan fingerprint density at radius 3 is 2.83 bits per heavy atom. The first-order valence-electron chi connectivity index (χ1n) is 7.32. The minimum Gasteiger partial charge on any atom is -0.345 e. The molecule has 0 aliphatic carbocycles. The van der Waals surface area contributed by atoms with Crippen molar-refractivity contribution in [1.29, 1.82) is 0 Å². The number of hydrogen-bond acceptors (Lipinski definition) is 6. The maximum Gasteiger partial charge on any atom is 0.231 e. The number of nitrogens with zero attached hydrogens (tertiary/aromatic N) is 2. The van der Waals surface area contributed by atoms with Gasteiger partial charge in [0, 0.05) is 11.3 Å². The number of ketones is 1. The quantitative estimate of drug-likeness (QED) is 0.712. The minimum atomic E-state index is -0.440. The van der Waals surface area contributed by atoms with Gasteiger partial charge < -0.3 is 5.32 Å². The molecular formula is C15H20N4O2S2. The van der Waals surface area contributed by atoms with E-state index in [4.69, 9.17) is 0 Å². The Morgan fingerprint density at radius 1 is 1.43 bits per heavy atom. The summed E-state index contributed by atoms with van der Waals surface area (Å²) in [7, 11) is 0. The van der Waals surface area contributed by atoms with Crippen LogP contribution in [0, 0.1) is 5.92 Å². The van der Waals surface area contributed by atoms with E-state index in [1.54, 1.807) is 11.3 Å². The van der Waals surface area contributed by atoms with Gasteiger partial charge in [0.25, 0.3) is 0 Å². The minimum absolute atomic E-state index is 0.0329. The van der Waals surface area contributed by atoms with E-state index in [0.717, 1.165) is 5.82 Å². The van der Waals surface area contributed by atoms with Crippen molar-refractivity contribution in [3.8, 4) is 0 Å². The van der Waals surface area contributed by atoms with E-state index in [0.29, 0.717) is 11.6 Å². The van der Waals surface area contributed by atoms with E-state index in [9.17, 15) is 9.59 Å². The summed E-state index contributed by atoms with van der Waals surface area (Å²) >= 11 is 2.92. The average Bonchev–Trinajstić information content (AvgIpc) is 3.14. The second kappa shape index (κ2) is 8.26. The van der Waals surface area contributed by atoms with Gasteiger partial charge in [-0.2, -0.15) is 0 Å². The molecule has 2 rings (SSSR count). The predicted molar refractivity (Wildman–Crippen MR) is 91.7 cm³/mol. The number of aromatic amines is 1. The number of H-pyrrole nitrogens is 1. The summed E-state index contributed by atoms with van der Waals surface area (Å²) in [4.78, 5) is 29.0. The van der Waals surface area contributed by atoms with Crippen LogP contribution in [0.2, 0.25) is 0 Å². The first-order valence-corrected chi connectivity index (χ1v) is 9.18. The molecule has 0 aliphatic heterocycles. The van der Waals surface area contributed by atoms with Crippen molar-refractivity contribution in [3.05, 3.63) is 28.2 Å². The number of thioether (sulfide) groups is 1. The Bertz CT molecular complexity index is 652. The lowest BCUT2D eigenvalue weighted by molar-refractivity contribution is -0.126. The van der Waals surface area contributed by atoms with Crippen LogP contribution in [0.15, 0.2) is 22.7 Å². The molecule has 2 heterocycles. The molecular weight excluding hydrogens is 332 g/mol. The molecule has 2 aromatic rings. The van der Waals surface area contributed by atoms with Crippen LogP contribution in [0.5, 0.6) is 0 Å². The number of carbonyl (C=O) groups excluding carboxylic acids is 2. The average molecular weight is 352 g/mol.